The Balaban J connectivity index is 1.87. The molecule has 12 heteroatoms. The smallest absolute Gasteiger partial charge is 0.344 e. The number of aromatic nitrogens is 2. The normalized spacial score (nSPS) is 11.4. The molecule has 0 aliphatic heterocycles. The highest BCUT2D eigenvalue weighted by Gasteiger charge is 2.24. The Bertz CT molecular complexity index is 1830. The van der Waals surface area contributed by atoms with Crippen molar-refractivity contribution in [3.8, 4) is 28.6 Å². The molecule has 236 valence electrons. The number of carbonyl (C=O) groups is 1. The Labute approximate surface area is 260 Å². The van der Waals surface area contributed by atoms with Crippen molar-refractivity contribution in [2.75, 3.05) is 20.3 Å². The van der Waals surface area contributed by atoms with Crippen molar-refractivity contribution in [2.24, 2.45) is 5.10 Å². The molecule has 0 saturated heterocycles. The minimum absolute atomic E-state index is 0.00358. The van der Waals surface area contributed by atoms with Gasteiger partial charge in [0.1, 0.15) is 5.75 Å². The average molecular weight is 617 g/mol. The second kappa shape index (κ2) is 14.0. The topological polar surface area (TPSA) is 144 Å². The van der Waals surface area contributed by atoms with E-state index in [-0.39, 0.29) is 29.1 Å². The molecular weight excluding hydrogens is 580 g/mol. The number of fused-ring (bicyclic) bond motifs is 1. The molecule has 12 nitrogen and oxygen atoms in total. The predicted molar refractivity (Wildman–Crippen MR) is 171 cm³/mol. The Hall–Kier alpha value is -5.26. The van der Waals surface area contributed by atoms with Crippen LogP contribution in [0.5, 0.6) is 17.2 Å². The highest BCUT2D eigenvalue weighted by Crippen LogP contribution is 2.38. The fraction of sp³-hybridized carbons (Fsp3) is 0.333. The Morgan fingerprint density at radius 3 is 2.47 bits per heavy atom. The first-order valence-electron chi connectivity index (χ1n) is 14.5. The lowest BCUT2D eigenvalue weighted by molar-refractivity contribution is -0.385. The molecule has 0 atom stereocenters. The number of methoxy groups -OCH3 is 1. The number of ether oxygens (including phenoxy) is 4. The van der Waals surface area contributed by atoms with Gasteiger partial charge in [-0.1, -0.05) is 26.0 Å². The molecule has 0 fully saturated rings. The van der Waals surface area contributed by atoms with Gasteiger partial charge in [0.2, 0.25) is 5.75 Å². The molecule has 1 heterocycles. The van der Waals surface area contributed by atoms with Crippen LogP contribution in [0.15, 0.2) is 58.4 Å². The predicted octanol–water partition coefficient (Wildman–Crippen LogP) is 6.02. The number of hydrogen-bond acceptors (Lipinski definition) is 10. The minimum Gasteiger partial charge on any atom is -0.494 e. The van der Waals surface area contributed by atoms with Crippen LogP contribution in [-0.2, 0) is 9.53 Å². The fourth-order valence-corrected chi connectivity index (χ4v) is 4.74. The summed E-state index contributed by atoms with van der Waals surface area (Å²) in [7, 11) is 1.32. The van der Waals surface area contributed by atoms with Crippen molar-refractivity contribution in [3.63, 3.8) is 0 Å². The van der Waals surface area contributed by atoms with Gasteiger partial charge < -0.3 is 18.9 Å². The second-order valence-corrected chi connectivity index (χ2v) is 10.8. The number of para-hydroxylation sites is 1. The molecule has 1 aromatic heterocycles. The van der Waals surface area contributed by atoms with Crippen LogP contribution in [-0.4, -0.2) is 53.2 Å². The summed E-state index contributed by atoms with van der Waals surface area (Å²) in [6.45, 7) is 11.2. The fourth-order valence-electron chi connectivity index (χ4n) is 4.74. The highest BCUT2D eigenvalue weighted by molar-refractivity contribution is 5.85. The summed E-state index contributed by atoms with van der Waals surface area (Å²) in [6, 6.07) is 13.5. The van der Waals surface area contributed by atoms with E-state index in [1.165, 1.54) is 30.1 Å². The summed E-state index contributed by atoms with van der Waals surface area (Å²) in [5.41, 5.74) is 2.32. The van der Waals surface area contributed by atoms with E-state index in [4.69, 9.17) is 23.9 Å². The van der Waals surface area contributed by atoms with Crippen molar-refractivity contribution in [1.29, 1.82) is 0 Å². The van der Waals surface area contributed by atoms with Crippen molar-refractivity contribution in [1.82, 2.24) is 9.66 Å². The first-order valence-corrected chi connectivity index (χ1v) is 14.5. The van der Waals surface area contributed by atoms with Gasteiger partial charge in [-0.25, -0.2) is 9.78 Å². The average Bonchev–Trinajstić information content (AvgIpc) is 2.99. The van der Waals surface area contributed by atoms with Gasteiger partial charge in [0.15, 0.2) is 18.2 Å². The number of rotatable bonds is 12. The van der Waals surface area contributed by atoms with E-state index >= 15 is 0 Å². The molecule has 4 rings (SSSR count). The monoisotopic (exact) mass is 616 g/mol. The van der Waals surface area contributed by atoms with Crippen LogP contribution >= 0.6 is 0 Å². The van der Waals surface area contributed by atoms with Gasteiger partial charge in [-0.3, -0.25) is 14.9 Å². The maximum atomic E-state index is 13.8. The Morgan fingerprint density at radius 2 is 1.82 bits per heavy atom. The number of nitro benzene ring substituents is 1. The molecule has 0 aliphatic carbocycles. The van der Waals surface area contributed by atoms with Crippen LogP contribution in [0.1, 0.15) is 57.2 Å². The van der Waals surface area contributed by atoms with Crippen molar-refractivity contribution >= 4 is 28.8 Å². The van der Waals surface area contributed by atoms with Gasteiger partial charge in [-0.15, -0.1) is 0 Å². The zero-order valence-corrected chi connectivity index (χ0v) is 26.3. The van der Waals surface area contributed by atoms with E-state index in [9.17, 15) is 19.7 Å². The molecular formula is C33H36N4O8. The van der Waals surface area contributed by atoms with Gasteiger partial charge >= 0.3 is 11.7 Å². The van der Waals surface area contributed by atoms with Gasteiger partial charge in [-0.2, -0.15) is 9.78 Å². The molecule has 0 bridgehead atoms. The maximum Gasteiger partial charge on any atom is 0.344 e. The summed E-state index contributed by atoms with van der Waals surface area (Å²) >= 11 is 0. The zero-order valence-electron chi connectivity index (χ0n) is 26.3. The number of nitrogens with zero attached hydrogens (tertiary/aromatic N) is 4. The molecule has 0 amide bonds. The zero-order chi connectivity index (χ0) is 32.8. The lowest BCUT2D eigenvalue weighted by Crippen LogP contribution is -2.21. The molecule has 0 saturated carbocycles. The molecule has 0 N–H and O–H groups in total. The van der Waals surface area contributed by atoms with E-state index in [0.717, 1.165) is 16.9 Å². The molecule has 4 aromatic rings. The quantitative estimate of drug-likeness (QED) is 0.0807. The van der Waals surface area contributed by atoms with Crippen LogP contribution in [0.4, 0.5) is 5.69 Å². The molecule has 45 heavy (non-hydrogen) atoms. The third-order valence-corrected chi connectivity index (χ3v) is 6.77. The Kier molecular flexibility index (Phi) is 10.2. The number of hydrogen-bond donors (Lipinski definition) is 0. The number of nitro groups is 1. The van der Waals surface area contributed by atoms with E-state index in [1.54, 1.807) is 38.1 Å². The third kappa shape index (κ3) is 7.28. The van der Waals surface area contributed by atoms with E-state index in [2.05, 4.69) is 18.9 Å². The number of carbonyl (C=O) groups excluding carboxylic acids is 1. The molecule has 0 aliphatic rings. The summed E-state index contributed by atoms with van der Waals surface area (Å²) in [5, 5.41) is 16.8. The van der Waals surface area contributed by atoms with E-state index < -0.39 is 28.7 Å². The lowest BCUT2D eigenvalue weighted by Gasteiger charge is -2.18. The van der Waals surface area contributed by atoms with Gasteiger partial charge in [0.25, 0.3) is 5.56 Å². The van der Waals surface area contributed by atoms with Crippen molar-refractivity contribution < 1.29 is 28.7 Å². The summed E-state index contributed by atoms with van der Waals surface area (Å²) in [4.78, 5) is 42.0. The molecule has 3 aromatic carbocycles. The first-order chi connectivity index (χ1) is 21.4. The SMILES string of the molecule is CCOc1cc(C)c(-c2nc3ccccc3c(=O)n2N=Cc2cc(OC)c(OCC(=O)OC(C)C)c([N+](=O)[O-])c2)cc1C(C)C. The Morgan fingerprint density at radius 1 is 1.09 bits per heavy atom. The number of aryl methyl sites for hydroxylation is 1. The largest absolute Gasteiger partial charge is 0.494 e. The summed E-state index contributed by atoms with van der Waals surface area (Å²) < 4.78 is 22.9. The third-order valence-electron chi connectivity index (χ3n) is 6.77. The van der Waals surface area contributed by atoms with Crippen LogP contribution < -0.4 is 19.8 Å². The van der Waals surface area contributed by atoms with Gasteiger partial charge in [-0.05, 0) is 75.1 Å². The van der Waals surface area contributed by atoms with Crippen molar-refractivity contribution in [3.05, 3.63) is 85.7 Å². The first kappa shape index (κ1) is 32.6. The molecule has 0 spiro atoms. The van der Waals surface area contributed by atoms with Crippen LogP contribution in [0, 0.1) is 17.0 Å². The number of benzene rings is 3. The van der Waals surface area contributed by atoms with E-state index in [1.807, 2.05) is 26.0 Å². The van der Waals surface area contributed by atoms with Crippen molar-refractivity contribution in [2.45, 2.75) is 53.6 Å². The van der Waals surface area contributed by atoms with Gasteiger partial charge in [0, 0.05) is 17.2 Å². The second-order valence-electron chi connectivity index (χ2n) is 10.8. The van der Waals surface area contributed by atoms with Gasteiger partial charge in [0.05, 0.1) is 41.9 Å². The van der Waals surface area contributed by atoms with Crippen LogP contribution in [0.2, 0.25) is 0 Å². The number of esters is 1. The summed E-state index contributed by atoms with van der Waals surface area (Å²) in [5.74, 6) is 0.241. The summed E-state index contributed by atoms with van der Waals surface area (Å²) in [6.07, 6.45) is 0.929. The van der Waals surface area contributed by atoms with Crippen LogP contribution in [0.3, 0.4) is 0 Å². The maximum absolute atomic E-state index is 13.8. The van der Waals surface area contributed by atoms with E-state index in [0.29, 0.717) is 28.9 Å². The molecule has 0 unspecified atom stereocenters. The lowest BCUT2D eigenvalue weighted by atomic mass is 9.96. The molecule has 0 radical (unpaired) electrons. The standard InChI is InChI=1S/C33H36N4O8/c1-8-43-28-13-21(6)25(16-24(28)19(2)3)32-35-26-12-10-9-11-23(26)33(39)36(32)34-17-22-14-27(37(40)41)31(29(15-22)42-7)44-18-30(38)45-20(4)5/h9-17,19-20H,8,18H2,1-7H3. The van der Waals surface area contributed by atoms with Crippen LogP contribution in [0.25, 0.3) is 22.3 Å². The highest BCUT2D eigenvalue weighted by atomic mass is 16.6. The minimum atomic E-state index is -0.687.